The molecule has 3 rings (SSSR count). The Morgan fingerprint density at radius 3 is 2.53 bits per heavy atom. The molecule has 32 heavy (non-hydrogen) atoms. The number of nitrogens with one attached hydrogen (secondary N) is 1. The van der Waals surface area contributed by atoms with Crippen LogP contribution >= 0.6 is 0 Å². The van der Waals surface area contributed by atoms with Crippen LogP contribution in [-0.2, 0) is 21.0 Å². The number of halogens is 3. The van der Waals surface area contributed by atoms with E-state index in [0.717, 1.165) is 22.5 Å². The van der Waals surface area contributed by atoms with Crippen LogP contribution in [0.2, 0.25) is 0 Å². The van der Waals surface area contributed by atoms with Crippen molar-refractivity contribution in [3.8, 4) is 5.75 Å². The van der Waals surface area contributed by atoms with E-state index in [1.54, 1.807) is 13.8 Å². The van der Waals surface area contributed by atoms with Gasteiger partial charge >= 0.3 is 6.18 Å². The summed E-state index contributed by atoms with van der Waals surface area (Å²) in [4.78, 5) is 11.0. The number of benzene rings is 2. The predicted octanol–water partition coefficient (Wildman–Crippen LogP) is 3.55. The normalized spacial score (nSPS) is 16.8. The minimum atomic E-state index is -4.69. The van der Waals surface area contributed by atoms with E-state index in [-0.39, 0.29) is 36.0 Å². The lowest BCUT2D eigenvalue weighted by Gasteiger charge is -2.38. The van der Waals surface area contributed by atoms with Gasteiger partial charge in [-0.2, -0.15) is 13.2 Å². The number of alkyl halides is 3. The monoisotopic (exact) mass is 471 g/mol. The van der Waals surface area contributed by atoms with E-state index in [9.17, 15) is 26.4 Å². The number of sulfonamides is 1. The Labute approximate surface area is 184 Å². The van der Waals surface area contributed by atoms with Gasteiger partial charge in [0.15, 0.2) is 0 Å². The van der Waals surface area contributed by atoms with Crippen LogP contribution in [0.1, 0.15) is 32.8 Å². The zero-order valence-corrected chi connectivity index (χ0v) is 18.5. The van der Waals surface area contributed by atoms with E-state index in [1.165, 1.54) is 25.1 Å². The molecule has 7 nitrogen and oxygen atoms in total. The number of carbonyl (C=O) groups is 1. The second kappa shape index (κ2) is 8.19. The maximum absolute atomic E-state index is 13.4. The maximum Gasteiger partial charge on any atom is 0.416 e. The highest BCUT2D eigenvalue weighted by molar-refractivity contribution is 7.92. The zero-order valence-electron chi connectivity index (χ0n) is 17.7. The first-order valence-electron chi connectivity index (χ1n) is 9.74. The summed E-state index contributed by atoms with van der Waals surface area (Å²) in [5.41, 5.74) is 4.45. The number of nitrogens with zero attached hydrogens (tertiary/aromatic N) is 1. The number of nitrogens with two attached hydrogens (primary N) is 1. The zero-order chi connectivity index (χ0) is 23.9. The number of amides is 1. The van der Waals surface area contributed by atoms with E-state index < -0.39 is 38.3 Å². The molecule has 0 unspecified atom stereocenters. The summed E-state index contributed by atoms with van der Waals surface area (Å²) in [7, 11) is -4.38. The van der Waals surface area contributed by atoms with Crippen LogP contribution in [0.4, 0.5) is 24.5 Å². The van der Waals surface area contributed by atoms with Gasteiger partial charge in [-0.1, -0.05) is 6.07 Å². The molecule has 174 valence electrons. The average Bonchev–Trinajstić information content (AvgIpc) is 2.65. The van der Waals surface area contributed by atoms with Gasteiger partial charge in [0.05, 0.1) is 22.7 Å². The van der Waals surface area contributed by atoms with Crippen LogP contribution in [0, 0.1) is 0 Å². The molecule has 0 saturated heterocycles. The number of anilines is 2. The van der Waals surface area contributed by atoms with Gasteiger partial charge in [0, 0.05) is 24.6 Å². The van der Waals surface area contributed by atoms with Crippen molar-refractivity contribution in [2.45, 2.75) is 49.9 Å². The highest BCUT2D eigenvalue weighted by Crippen LogP contribution is 2.40. The number of fused-ring (bicyclic) bond motifs is 1. The van der Waals surface area contributed by atoms with Gasteiger partial charge < -0.3 is 15.8 Å². The number of hydrogen-bond acceptors (Lipinski definition) is 5. The molecular formula is C21H24F3N3O4S. The number of nitrogen functional groups attached to an aromatic ring is 1. The van der Waals surface area contributed by atoms with Crippen molar-refractivity contribution < 1.29 is 31.1 Å². The predicted molar refractivity (Wildman–Crippen MR) is 114 cm³/mol. The first-order chi connectivity index (χ1) is 14.7. The van der Waals surface area contributed by atoms with Crippen LogP contribution < -0.4 is 20.1 Å². The van der Waals surface area contributed by atoms with Crippen molar-refractivity contribution in [2.75, 3.05) is 16.6 Å². The SMILES string of the molecule is CC(=O)NC(C)(C)C[C@H]1CN(S(=O)(=O)c2cccc(C(F)(F)F)c2)c2cc(N)ccc2O1. The minimum Gasteiger partial charge on any atom is -0.486 e. The summed E-state index contributed by atoms with van der Waals surface area (Å²) in [5, 5.41) is 2.78. The second-order valence-corrected chi connectivity index (χ2v) is 10.2. The molecule has 0 aliphatic carbocycles. The van der Waals surface area contributed by atoms with Crippen molar-refractivity contribution in [3.63, 3.8) is 0 Å². The largest absolute Gasteiger partial charge is 0.486 e. The fourth-order valence-corrected chi connectivity index (χ4v) is 5.26. The summed E-state index contributed by atoms with van der Waals surface area (Å²) in [5.74, 6) is -0.0305. The minimum absolute atomic E-state index is 0.135. The van der Waals surface area contributed by atoms with Crippen molar-refractivity contribution in [1.82, 2.24) is 5.32 Å². The molecule has 1 amide bonds. The molecule has 0 saturated carbocycles. The second-order valence-electron chi connectivity index (χ2n) is 8.30. The molecule has 0 radical (unpaired) electrons. The van der Waals surface area contributed by atoms with Crippen molar-refractivity contribution >= 4 is 27.3 Å². The third-order valence-electron chi connectivity index (χ3n) is 4.92. The molecule has 2 aromatic rings. The lowest BCUT2D eigenvalue weighted by Crippen LogP contribution is -2.50. The van der Waals surface area contributed by atoms with Crippen LogP contribution in [0.15, 0.2) is 47.4 Å². The molecule has 1 aliphatic heterocycles. The highest BCUT2D eigenvalue weighted by Gasteiger charge is 2.38. The van der Waals surface area contributed by atoms with Gasteiger partial charge in [0.1, 0.15) is 11.9 Å². The topological polar surface area (TPSA) is 102 Å². The summed E-state index contributed by atoms with van der Waals surface area (Å²) in [6.45, 7) is 4.73. The van der Waals surface area contributed by atoms with Gasteiger partial charge in [-0.3, -0.25) is 9.10 Å². The lowest BCUT2D eigenvalue weighted by molar-refractivity contribution is -0.137. The quantitative estimate of drug-likeness (QED) is 0.650. The lowest BCUT2D eigenvalue weighted by atomic mass is 9.95. The Morgan fingerprint density at radius 2 is 1.91 bits per heavy atom. The molecule has 1 aliphatic rings. The van der Waals surface area contributed by atoms with E-state index in [4.69, 9.17) is 10.5 Å². The Kier molecular flexibility index (Phi) is 6.07. The third kappa shape index (κ3) is 5.09. The molecule has 1 heterocycles. The van der Waals surface area contributed by atoms with E-state index in [0.29, 0.717) is 6.07 Å². The number of ether oxygens (including phenoxy) is 1. The van der Waals surface area contributed by atoms with Gasteiger partial charge in [-0.15, -0.1) is 0 Å². The molecule has 0 bridgehead atoms. The van der Waals surface area contributed by atoms with Crippen LogP contribution in [-0.4, -0.2) is 32.5 Å². The third-order valence-corrected chi connectivity index (χ3v) is 6.69. The summed E-state index contributed by atoms with van der Waals surface area (Å²) in [6.07, 6.45) is -5.11. The highest BCUT2D eigenvalue weighted by atomic mass is 32.2. The van der Waals surface area contributed by atoms with Crippen LogP contribution in [0.25, 0.3) is 0 Å². The average molecular weight is 472 g/mol. The Morgan fingerprint density at radius 1 is 1.22 bits per heavy atom. The first-order valence-corrected chi connectivity index (χ1v) is 11.2. The fourth-order valence-electron chi connectivity index (χ4n) is 3.72. The molecule has 11 heteroatoms. The maximum atomic E-state index is 13.4. The first kappa shape index (κ1) is 23.7. The van der Waals surface area contributed by atoms with Gasteiger partial charge in [-0.05, 0) is 50.2 Å². The van der Waals surface area contributed by atoms with E-state index in [2.05, 4.69) is 5.32 Å². The fraction of sp³-hybridized carbons (Fsp3) is 0.381. The van der Waals surface area contributed by atoms with Crippen LogP contribution in [0.5, 0.6) is 5.75 Å². The van der Waals surface area contributed by atoms with Crippen molar-refractivity contribution in [3.05, 3.63) is 48.0 Å². The molecular weight excluding hydrogens is 447 g/mol. The number of carbonyl (C=O) groups excluding carboxylic acids is 1. The van der Waals surface area contributed by atoms with Gasteiger partial charge in [0.25, 0.3) is 10.0 Å². The summed E-state index contributed by atoms with van der Waals surface area (Å²) in [6, 6.07) is 8.02. The molecule has 3 N–H and O–H groups in total. The summed E-state index contributed by atoms with van der Waals surface area (Å²) < 4.78 is 73.3. The van der Waals surface area contributed by atoms with Crippen LogP contribution in [0.3, 0.4) is 0 Å². The number of hydrogen-bond donors (Lipinski definition) is 2. The Hall–Kier alpha value is -2.95. The van der Waals surface area contributed by atoms with Crippen molar-refractivity contribution in [2.24, 2.45) is 0 Å². The Bertz CT molecular complexity index is 1130. The van der Waals surface area contributed by atoms with E-state index in [1.807, 2.05) is 0 Å². The molecule has 2 aromatic carbocycles. The summed E-state index contributed by atoms with van der Waals surface area (Å²) >= 11 is 0. The molecule has 1 atom stereocenters. The van der Waals surface area contributed by atoms with E-state index >= 15 is 0 Å². The Balaban J connectivity index is 2.03. The number of rotatable bonds is 5. The standard InChI is InChI=1S/C21H24F3N3O4S/c1-13(28)26-20(2,3)11-16-12-27(18-10-15(25)7-8-19(18)31-16)32(29,30)17-6-4-5-14(9-17)21(22,23)24/h4-10,16H,11-12,25H2,1-3H3,(H,26,28)/t16-/m0/s1. The van der Waals surface area contributed by atoms with Gasteiger partial charge in [-0.25, -0.2) is 8.42 Å². The molecule has 0 aromatic heterocycles. The smallest absolute Gasteiger partial charge is 0.416 e. The molecule has 0 fully saturated rings. The van der Waals surface area contributed by atoms with Crippen molar-refractivity contribution in [1.29, 1.82) is 0 Å². The molecule has 0 spiro atoms. The van der Waals surface area contributed by atoms with Gasteiger partial charge in [0.2, 0.25) is 5.91 Å².